The molecule has 0 aliphatic rings. The summed E-state index contributed by atoms with van der Waals surface area (Å²) >= 11 is 0. The zero-order valence-electron chi connectivity index (χ0n) is 10.3. The number of carbonyl (C=O) groups excluding carboxylic acids is 1. The molecule has 0 radical (unpaired) electrons. The van der Waals surface area contributed by atoms with Gasteiger partial charge in [0.15, 0.2) is 5.76 Å². The van der Waals surface area contributed by atoms with Crippen molar-refractivity contribution in [3.63, 3.8) is 0 Å². The Bertz CT molecular complexity index is 722. The molecule has 0 saturated carbocycles. The summed E-state index contributed by atoms with van der Waals surface area (Å²) in [5, 5.41) is 11.4. The minimum absolute atomic E-state index is 0. The van der Waals surface area contributed by atoms with Crippen LogP contribution in [0.1, 0.15) is 10.6 Å². The summed E-state index contributed by atoms with van der Waals surface area (Å²) in [4.78, 5) is 14.8. The molecule has 0 fully saturated rings. The smallest absolute Gasteiger partial charge is 0.542 e. The van der Waals surface area contributed by atoms with Gasteiger partial charge < -0.3 is 14.3 Å². The van der Waals surface area contributed by atoms with Crippen LogP contribution in [-0.2, 0) is 0 Å². The number of aromatic carboxylic acids is 1. The summed E-state index contributed by atoms with van der Waals surface area (Å²) in [6, 6.07) is 10.7. The second-order valence-electron chi connectivity index (χ2n) is 3.89. The molecule has 2 aromatic heterocycles. The van der Waals surface area contributed by atoms with Crippen molar-refractivity contribution in [3.8, 4) is 11.1 Å². The van der Waals surface area contributed by atoms with Crippen molar-refractivity contribution in [2.75, 3.05) is 0 Å². The molecule has 0 amide bonds. The Morgan fingerprint density at radius 3 is 2.68 bits per heavy atom. The first kappa shape index (κ1) is 13.8. The largest absolute Gasteiger partial charge is 1.00 e. The van der Waals surface area contributed by atoms with Crippen LogP contribution in [0, 0.1) is 0 Å². The minimum atomic E-state index is -1.31. The van der Waals surface area contributed by atoms with Crippen molar-refractivity contribution in [3.05, 3.63) is 54.6 Å². The van der Waals surface area contributed by atoms with Gasteiger partial charge in [0.25, 0.3) is 0 Å². The summed E-state index contributed by atoms with van der Waals surface area (Å²) in [7, 11) is 0. The summed E-state index contributed by atoms with van der Waals surface area (Å²) in [5.41, 5.74) is 2.46. The second kappa shape index (κ2) is 5.57. The van der Waals surface area contributed by atoms with Gasteiger partial charge in [0.05, 0.1) is 0 Å². The molecular weight excluding hydrogens is 253 g/mol. The number of nitrogens with zero attached hydrogens (tertiary/aromatic N) is 1. The third-order valence-corrected chi connectivity index (χ3v) is 2.71. The Balaban J connectivity index is 0.00000133. The van der Waals surface area contributed by atoms with Gasteiger partial charge in [0.1, 0.15) is 11.6 Å². The van der Waals surface area contributed by atoms with E-state index in [0.717, 1.165) is 16.5 Å². The zero-order chi connectivity index (χ0) is 12.5. The zero-order valence-corrected chi connectivity index (χ0v) is 12.3. The van der Waals surface area contributed by atoms with Gasteiger partial charge in [-0.3, -0.25) is 4.98 Å². The quantitative estimate of drug-likeness (QED) is 0.547. The Morgan fingerprint density at radius 1 is 1.16 bits per heavy atom. The molecule has 0 aliphatic carbocycles. The van der Waals surface area contributed by atoms with Gasteiger partial charge >= 0.3 is 29.6 Å². The van der Waals surface area contributed by atoms with Crippen LogP contribution < -0.4 is 34.7 Å². The maximum absolute atomic E-state index is 10.7. The molecule has 1 aromatic carbocycles. The molecule has 0 unspecified atom stereocenters. The summed E-state index contributed by atoms with van der Waals surface area (Å²) in [6.45, 7) is 0. The van der Waals surface area contributed by atoms with E-state index in [4.69, 9.17) is 4.42 Å². The van der Waals surface area contributed by atoms with E-state index in [-0.39, 0.29) is 35.3 Å². The molecule has 0 bridgehead atoms. The molecule has 0 aliphatic heterocycles. The summed E-state index contributed by atoms with van der Waals surface area (Å²) < 4.78 is 5.14. The third-order valence-electron chi connectivity index (χ3n) is 2.71. The molecule has 19 heavy (non-hydrogen) atoms. The predicted molar refractivity (Wildman–Crippen MR) is 63.8 cm³/mol. The van der Waals surface area contributed by atoms with Crippen LogP contribution in [0.5, 0.6) is 0 Å². The monoisotopic (exact) mass is 261 g/mol. The maximum atomic E-state index is 10.7. The number of hydrogen-bond acceptors (Lipinski definition) is 4. The van der Waals surface area contributed by atoms with E-state index < -0.39 is 5.97 Å². The average molecular weight is 261 g/mol. The minimum Gasteiger partial charge on any atom is -0.542 e. The molecule has 0 saturated heterocycles. The molecule has 3 rings (SSSR count). The normalized spacial score (nSPS) is 10.1. The van der Waals surface area contributed by atoms with E-state index in [2.05, 4.69) is 4.98 Å². The number of rotatable bonds is 2. The van der Waals surface area contributed by atoms with E-state index in [9.17, 15) is 9.90 Å². The molecule has 88 valence electrons. The van der Waals surface area contributed by atoms with Gasteiger partial charge in [0.2, 0.25) is 0 Å². The standard InChI is InChI=1S/C14H9NO3.Na/c16-14(17)13-7-11-6-9(3-4-12(11)18-13)10-2-1-5-15-8-10;/h1-8H,(H,16,17);/q;+1/p-1. The number of benzene rings is 1. The first-order valence-corrected chi connectivity index (χ1v) is 5.39. The van der Waals surface area contributed by atoms with Crippen molar-refractivity contribution in [2.45, 2.75) is 0 Å². The number of carbonyl (C=O) groups is 1. The molecule has 5 heteroatoms. The van der Waals surface area contributed by atoms with Crippen LogP contribution >= 0.6 is 0 Å². The van der Waals surface area contributed by atoms with E-state index in [0.29, 0.717) is 5.58 Å². The fraction of sp³-hybridized carbons (Fsp3) is 0. The van der Waals surface area contributed by atoms with Crippen molar-refractivity contribution in [1.29, 1.82) is 0 Å². The van der Waals surface area contributed by atoms with Crippen LogP contribution in [0.4, 0.5) is 0 Å². The number of fused-ring (bicyclic) bond motifs is 1. The molecule has 3 aromatic rings. The third kappa shape index (κ3) is 2.71. The Labute approximate surface area is 131 Å². The number of pyridine rings is 1. The molecular formula is C14H8NNaO3. The SMILES string of the molecule is O=C([O-])c1cc2cc(-c3cccnc3)ccc2o1.[Na+]. The molecule has 2 heterocycles. The number of carboxylic acids is 1. The van der Waals surface area contributed by atoms with Crippen LogP contribution in [0.25, 0.3) is 22.1 Å². The fourth-order valence-electron chi connectivity index (χ4n) is 1.86. The molecule has 0 N–H and O–H groups in total. The first-order valence-electron chi connectivity index (χ1n) is 5.39. The summed E-state index contributed by atoms with van der Waals surface area (Å²) in [5.74, 6) is -1.47. The number of hydrogen-bond donors (Lipinski definition) is 0. The number of aromatic nitrogens is 1. The van der Waals surface area contributed by atoms with Crippen LogP contribution in [0.3, 0.4) is 0 Å². The van der Waals surface area contributed by atoms with Crippen LogP contribution in [-0.4, -0.2) is 11.0 Å². The van der Waals surface area contributed by atoms with Gasteiger partial charge in [-0.2, -0.15) is 0 Å². The number of carboxylic acid groups (broad SMARTS) is 1. The molecule has 0 atom stereocenters. The molecule has 4 nitrogen and oxygen atoms in total. The van der Waals surface area contributed by atoms with Crippen molar-refractivity contribution in [2.24, 2.45) is 0 Å². The Hall–Kier alpha value is -1.62. The van der Waals surface area contributed by atoms with Crippen LogP contribution in [0.2, 0.25) is 0 Å². The van der Waals surface area contributed by atoms with Gasteiger partial charge in [-0.25, -0.2) is 0 Å². The van der Waals surface area contributed by atoms with Crippen molar-refractivity contribution in [1.82, 2.24) is 4.98 Å². The second-order valence-corrected chi connectivity index (χ2v) is 3.89. The van der Waals surface area contributed by atoms with Crippen LogP contribution in [0.15, 0.2) is 53.2 Å². The fourth-order valence-corrected chi connectivity index (χ4v) is 1.86. The molecule has 0 spiro atoms. The van der Waals surface area contributed by atoms with Gasteiger partial charge in [-0.05, 0) is 29.8 Å². The summed E-state index contributed by atoms with van der Waals surface area (Å²) in [6.07, 6.45) is 3.45. The maximum Gasteiger partial charge on any atom is 1.00 e. The number of furan rings is 1. The average Bonchev–Trinajstić information content (AvgIpc) is 2.82. The van der Waals surface area contributed by atoms with Gasteiger partial charge in [-0.1, -0.05) is 12.1 Å². The Morgan fingerprint density at radius 2 is 2.00 bits per heavy atom. The van der Waals surface area contributed by atoms with Gasteiger partial charge in [-0.15, -0.1) is 0 Å². The Kier molecular flexibility index (Phi) is 4.04. The van der Waals surface area contributed by atoms with Crippen molar-refractivity contribution >= 4 is 16.9 Å². The van der Waals surface area contributed by atoms with Crippen molar-refractivity contribution < 1.29 is 43.9 Å². The van der Waals surface area contributed by atoms with E-state index >= 15 is 0 Å². The van der Waals surface area contributed by atoms with E-state index in [1.807, 2.05) is 24.3 Å². The van der Waals surface area contributed by atoms with E-state index in [1.165, 1.54) is 6.07 Å². The topological polar surface area (TPSA) is 66.2 Å². The predicted octanol–water partition coefficient (Wildman–Crippen LogP) is -1.14. The van der Waals surface area contributed by atoms with Gasteiger partial charge in [0, 0.05) is 23.3 Å². The van der Waals surface area contributed by atoms with E-state index in [1.54, 1.807) is 18.5 Å². The first-order chi connectivity index (χ1) is 8.74.